The van der Waals surface area contributed by atoms with Crippen molar-refractivity contribution in [1.82, 2.24) is 5.32 Å². The van der Waals surface area contributed by atoms with E-state index in [-0.39, 0.29) is 5.82 Å². The third-order valence-corrected chi connectivity index (χ3v) is 5.38. The fourth-order valence-corrected chi connectivity index (χ4v) is 3.60. The van der Waals surface area contributed by atoms with Crippen molar-refractivity contribution in [2.75, 3.05) is 0 Å². The first kappa shape index (κ1) is 13.8. The van der Waals surface area contributed by atoms with Crippen molar-refractivity contribution in [3.05, 3.63) is 47.1 Å². The second kappa shape index (κ2) is 5.66. The lowest BCUT2D eigenvalue weighted by Gasteiger charge is -2.42. The zero-order valence-corrected chi connectivity index (χ0v) is 12.6. The van der Waals surface area contributed by atoms with E-state index in [0.29, 0.717) is 5.54 Å². The molecule has 1 saturated carbocycles. The molecule has 0 bridgehead atoms. The fraction of sp³-hybridized carbons (Fsp3) is 0.412. The Balaban J connectivity index is 1.76. The van der Waals surface area contributed by atoms with E-state index in [4.69, 9.17) is 0 Å². The van der Waals surface area contributed by atoms with Gasteiger partial charge in [0, 0.05) is 22.5 Å². The van der Waals surface area contributed by atoms with E-state index in [0.717, 1.165) is 22.5 Å². The van der Waals surface area contributed by atoms with Gasteiger partial charge in [-0.15, -0.1) is 11.3 Å². The van der Waals surface area contributed by atoms with Crippen molar-refractivity contribution in [2.24, 2.45) is 0 Å². The van der Waals surface area contributed by atoms with Crippen molar-refractivity contribution in [3.8, 4) is 10.4 Å². The molecule has 0 saturated heterocycles. The number of hydrogen-bond acceptors (Lipinski definition) is 2. The number of hydrogen-bond donors (Lipinski definition) is 1. The molecule has 1 aliphatic carbocycles. The van der Waals surface area contributed by atoms with Crippen LogP contribution in [0.15, 0.2) is 35.7 Å². The molecule has 0 spiro atoms. The molecule has 3 heteroatoms. The van der Waals surface area contributed by atoms with Gasteiger partial charge < -0.3 is 5.32 Å². The first-order valence-corrected chi connectivity index (χ1v) is 8.18. The SMILES string of the molecule is CCC1(NCc2ccc(F)c(-c3cccs3)c2)CCC1. The van der Waals surface area contributed by atoms with Crippen LogP contribution >= 0.6 is 11.3 Å². The van der Waals surface area contributed by atoms with E-state index in [2.05, 4.69) is 12.2 Å². The molecule has 0 aliphatic heterocycles. The van der Waals surface area contributed by atoms with Crippen LogP contribution in [-0.2, 0) is 6.54 Å². The van der Waals surface area contributed by atoms with Crippen LogP contribution in [0.2, 0.25) is 0 Å². The van der Waals surface area contributed by atoms with E-state index in [1.165, 1.54) is 25.7 Å². The number of thiophene rings is 1. The van der Waals surface area contributed by atoms with Crippen molar-refractivity contribution in [3.63, 3.8) is 0 Å². The van der Waals surface area contributed by atoms with Crippen molar-refractivity contribution in [2.45, 2.75) is 44.7 Å². The molecule has 0 unspecified atom stereocenters. The minimum absolute atomic E-state index is 0.134. The maximum absolute atomic E-state index is 13.9. The van der Waals surface area contributed by atoms with Gasteiger partial charge in [-0.3, -0.25) is 0 Å². The summed E-state index contributed by atoms with van der Waals surface area (Å²) >= 11 is 1.58. The largest absolute Gasteiger partial charge is 0.307 e. The quantitative estimate of drug-likeness (QED) is 0.819. The molecule has 1 aromatic carbocycles. The van der Waals surface area contributed by atoms with Gasteiger partial charge in [-0.1, -0.05) is 19.1 Å². The average molecular weight is 289 g/mol. The number of halogens is 1. The Bertz CT molecular complexity index is 567. The molecule has 3 rings (SSSR count). The maximum Gasteiger partial charge on any atom is 0.131 e. The predicted octanol–water partition coefficient (Wildman–Crippen LogP) is 4.98. The first-order valence-electron chi connectivity index (χ1n) is 7.30. The number of nitrogens with one attached hydrogen (secondary N) is 1. The second-order valence-corrected chi connectivity index (χ2v) is 6.58. The van der Waals surface area contributed by atoms with Crippen LogP contribution in [0.1, 0.15) is 38.2 Å². The van der Waals surface area contributed by atoms with E-state index < -0.39 is 0 Å². The van der Waals surface area contributed by atoms with E-state index in [9.17, 15) is 4.39 Å². The molecule has 1 heterocycles. The van der Waals surface area contributed by atoms with Gasteiger partial charge in [0.25, 0.3) is 0 Å². The van der Waals surface area contributed by atoms with E-state index in [1.807, 2.05) is 29.6 Å². The molecule has 0 atom stereocenters. The van der Waals surface area contributed by atoms with Gasteiger partial charge in [0.05, 0.1) is 0 Å². The zero-order chi connectivity index (χ0) is 14.0. The Labute approximate surface area is 123 Å². The fourth-order valence-electron chi connectivity index (χ4n) is 2.85. The molecular formula is C17H20FNS. The molecule has 106 valence electrons. The van der Waals surface area contributed by atoms with Gasteiger partial charge in [0.2, 0.25) is 0 Å². The third kappa shape index (κ3) is 2.65. The second-order valence-electron chi connectivity index (χ2n) is 5.63. The van der Waals surface area contributed by atoms with Crippen molar-refractivity contribution < 1.29 is 4.39 Å². The van der Waals surface area contributed by atoms with Crippen LogP contribution in [0, 0.1) is 5.82 Å². The minimum Gasteiger partial charge on any atom is -0.307 e. The summed E-state index contributed by atoms with van der Waals surface area (Å²) in [5.41, 5.74) is 2.21. The Kier molecular flexibility index (Phi) is 3.90. The van der Waals surface area contributed by atoms with Gasteiger partial charge in [-0.05, 0) is 54.8 Å². The Morgan fingerprint density at radius 3 is 2.75 bits per heavy atom. The van der Waals surface area contributed by atoms with Gasteiger partial charge in [0.15, 0.2) is 0 Å². The molecule has 1 aliphatic rings. The van der Waals surface area contributed by atoms with Crippen LogP contribution in [-0.4, -0.2) is 5.54 Å². The molecule has 1 N–H and O–H groups in total. The summed E-state index contributed by atoms with van der Waals surface area (Å²) in [6, 6.07) is 9.40. The molecule has 0 amide bonds. The summed E-state index contributed by atoms with van der Waals surface area (Å²) in [4.78, 5) is 0.998. The molecule has 20 heavy (non-hydrogen) atoms. The smallest absolute Gasteiger partial charge is 0.131 e. The summed E-state index contributed by atoms with van der Waals surface area (Å²) in [6.07, 6.45) is 5.03. The van der Waals surface area contributed by atoms with Gasteiger partial charge in [0.1, 0.15) is 5.82 Å². The summed E-state index contributed by atoms with van der Waals surface area (Å²) < 4.78 is 13.9. The number of rotatable bonds is 5. The van der Waals surface area contributed by atoms with Crippen LogP contribution in [0.5, 0.6) is 0 Å². The highest BCUT2D eigenvalue weighted by atomic mass is 32.1. The lowest BCUT2D eigenvalue weighted by atomic mass is 9.75. The third-order valence-electron chi connectivity index (χ3n) is 4.47. The van der Waals surface area contributed by atoms with Crippen LogP contribution in [0.4, 0.5) is 4.39 Å². The van der Waals surface area contributed by atoms with Crippen LogP contribution in [0.3, 0.4) is 0 Å². The van der Waals surface area contributed by atoms with Crippen LogP contribution in [0.25, 0.3) is 10.4 Å². The van der Waals surface area contributed by atoms with Crippen LogP contribution < -0.4 is 5.32 Å². The number of benzene rings is 1. The lowest BCUT2D eigenvalue weighted by Crippen LogP contribution is -2.49. The lowest BCUT2D eigenvalue weighted by molar-refractivity contribution is 0.175. The summed E-state index contributed by atoms with van der Waals surface area (Å²) in [6.45, 7) is 3.07. The molecular weight excluding hydrogens is 269 g/mol. The minimum atomic E-state index is -0.134. The van der Waals surface area contributed by atoms with E-state index >= 15 is 0 Å². The van der Waals surface area contributed by atoms with E-state index in [1.54, 1.807) is 17.4 Å². The standard InChI is InChI=1S/C17H20FNS/c1-2-17(8-4-9-17)19-12-13-6-7-15(18)14(11-13)16-5-3-10-20-16/h3,5-7,10-11,19H,2,4,8-9,12H2,1H3. The highest BCUT2D eigenvalue weighted by Crippen LogP contribution is 2.35. The molecule has 1 nitrogen and oxygen atoms in total. The molecule has 2 aromatic rings. The highest BCUT2D eigenvalue weighted by molar-refractivity contribution is 7.13. The average Bonchev–Trinajstić information content (AvgIpc) is 2.93. The topological polar surface area (TPSA) is 12.0 Å². The molecule has 1 aromatic heterocycles. The summed E-state index contributed by atoms with van der Waals surface area (Å²) in [5.74, 6) is -0.134. The predicted molar refractivity (Wildman–Crippen MR) is 83.4 cm³/mol. The van der Waals surface area contributed by atoms with Crippen molar-refractivity contribution >= 4 is 11.3 Å². The van der Waals surface area contributed by atoms with Gasteiger partial charge >= 0.3 is 0 Å². The zero-order valence-electron chi connectivity index (χ0n) is 11.8. The van der Waals surface area contributed by atoms with Gasteiger partial charge in [-0.25, -0.2) is 4.39 Å². The molecule has 0 radical (unpaired) electrons. The monoisotopic (exact) mass is 289 g/mol. The van der Waals surface area contributed by atoms with Gasteiger partial charge in [-0.2, -0.15) is 0 Å². The first-order chi connectivity index (χ1) is 9.72. The summed E-state index contributed by atoms with van der Waals surface area (Å²) in [7, 11) is 0. The van der Waals surface area contributed by atoms with Crippen molar-refractivity contribution in [1.29, 1.82) is 0 Å². The maximum atomic E-state index is 13.9. The summed E-state index contributed by atoms with van der Waals surface area (Å²) in [5, 5.41) is 5.66. The Morgan fingerprint density at radius 1 is 1.30 bits per heavy atom. The molecule has 1 fully saturated rings. The highest BCUT2D eigenvalue weighted by Gasteiger charge is 2.34. The Hall–Kier alpha value is -1.19. The normalized spacial score (nSPS) is 16.9. The Morgan fingerprint density at radius 2 is 2.15 bits per heavy atom.